The van der Waals surface area contributed by atoms with E-state index in [-0.39, 0.29) is 24.6 Å². The van der Waals surface area contributed by atoms with Gasteiger partial charge in [-0.2, -0.15) is 5.26 Å². The lowest BCUT2D eigenvalue weighted by atomic mass is 9.73. The number of nitriles is 1. The van der Waals surface area contributed by atoms with E-state index < -0.39 is 12.1 Å². The van der Waals surface area contributed by atoms with Gasteiger partial charge >= 0.3 is 6.03 Å². The Morgan fingerprint density at radius 1 is 1.07 bits per heavy atom. The smallest absolute Gasteiger partial charge is 0.319 e. The number of rotatable bonds is 4. The third-order valence-corrected chi connectivity index (χ3v) is 6.30. The Labute approximate surface area is 172 Å². The second-order valence-electron chi connectivity index (χ2n) is 7.99. The van der Waals surface area contributed by atoms with Gasteiger partial charge in [0.15, 0.2) is 0 Å². The van der Waals surface area contributed by atoms with Crippen molar-refractivity contribution >= 4 is 6.03 Å². The number of aliphatic hydroxyl groups excluding tert-OH is 1. The fourth-order valence-corrected chi connectivity index (χ4v) is 4.82. The van der Waals surface area contributed by atoms with Gasteiger partial charge in [-0.05, 0) is 29.5 Å². The number of carbonyl (C=O) groups excluding carboxylic acids is 1. The lowest BCUT2D eigenvalue weighted by molar-refractivity contribution is 0.0155. The topological polar surface area (TPSA) is 76.4 Å². The van der Waals surface area contributed by atoms with Gasteiger partial charge in [0, 0.05) is 12.0 Å². The Morgan fingerprint density at radius 3 is 2.45 bits per heavy atom. The summed E-state index contributed by atoms with van der Waals surface area (Å²) in [7, 11) is 0. The van der Waals surface area contributed by atoms with E-state index in [4.69, 9.17) is 0 Å². The molecule has 2 aliphatic rings. The summed E-state index contributed by atoms with van der Waals surface area (Å²) < 4.78 is 0. The Bertz CT molecular complexity index is 886. The number of benzene rings is 2. The minimum atomic E-state index is -0.583. The van der Waals surface area contributed by atoms with Crippen molar-refractivity contribution in [3.8, 4) is 17.2 Å². The van der Waals surface area contributed by atoms with E-state index in [9.17, 15) is 15.2 Å². The van der Waals surface area contributed by atoms with E-state index in [0.717, 1.165) is 42.4 Å². The van der Waals surface area contributed by atoms with Gasteiger partial charge in [0.2, 0.25) is 0 Å². The monoisotopic (exact) mass is 389 g/mol. The molecule has 4 rings (SSSR count). The summed E-state index contributed by atoms with van der Waals surface area (Å²) in [5.41, 5.74) is 3.12. The molecule has 0 radical (unpaired) electrons. The van der Waals surface area contributed by atoms with Gasteiger partial charge in [-0.3, -0.25) is 0 Å². The molecular formula is C24H27N3O2. The van der Waals surface area contributed by atoms with E-state index in [1.807, 2.05) is 54.6 Å². The summed E-state index contributed by atoms with van der Waals surface area (Å²) in [5, 5.41) is 23.0. The molecule has 150 valence electrons. The average Bonchev–Trinajstić information content (AvgIpc) is 2.75. The van der Waals surface area contributed by atoms with Crippen molar-refractivity contribution < 1.29 is 9.90 Å². The fourth-order valence-electron chi connectivity index (χ4n) is 4.82. The Balaban J connectivity index is 1.59. The highest BCUT2D eigenvalue weighted by Crippen LogP contribution is 2.44. The van der Waals surface area contributed by atoms with Gasteiger partial charge in [0.1, 0.15) is 6.04 Å². The van der Waals surface area contributed by atoms with Crippen molar-refractivity contribution in [2.45, 2.75) is 56.1 Å². The Morgan fingerprint density at radius 2 is 1.76 bits per heavy atom. The number of hydrogen-bond donors (Lipinski definition) is 2. The van der Waals surface area contributed by atoms with Crippen LogP contribution in [0.2, 0.25) is 0 Å². The van der Waals surface area contributed by atoms with Crippen LogP contribution in [-0.4, -0.2) is 40.8 Å². The minimum Gasteiger partial charge on any atom is -0.394 e. The zero-order valence-electron chi connectivity index (χ0n) is 16.5. The van der Waals surface area contributed by atoms with Crippen LogP contribution >= 0.6 is 0 Å². The van der Waals surface area contributed by atoms with E-state index in [1.165, 1.54) is 6.42 Å². The summed E-state index contributed by atoms with van der Waals surface area (Å²) in [6.07, 6.45) is 5.45. The van der Waals surface area contributed by atoms with E-state index in [2.05, 4.69) is 11.4 Å². The van der Waals surface area contributed by atoms with Crippen molar-refractivity contribution in [2.24, 2.45) is 0 Å². The van der Waals surface area contributed by atoms with Crippen molar-refractivity contribution in [3.63, 3.8) is 0 Å². The molecule has 0 bridgehead atoms. The number of nitrogens with one attached hydrogen (secondary N) is 1. The third-order valence-electron chi connectivity index (χ3n) is 6.30. The molecule has 3 atom stereocenters. The average molecular weight is 389 g/mol. The van der Waals surface area contributed by atoms with Crippen molar-refractivity contribution in [3.05, 3.63) is 60.2 Å². The molecule has 1 heterocycles. The zero-order chi connectivity index (χ0) is 20.2. The third kappa shape index (κ3) is 3.73. The van der Waals surface area contributed by atoms with Gasteiger partial charge in [0.25, 0.3) is 0 Å². The molecule has 2 fully saturated rings. The number of amides is 2. The molecule has 1 saturated carbocycles. The van der Waals surface area contributed by atoms with Crippen molar-refractivity contribution in [1.82, 2.24) is 10.2 Å². The number of aliphatic hydroxyl groups is 1. The van der Waals surface area contributed by atoms with Gasteiger partial charge in [0.05, 0.1) is 18.7 Å². The van der Waals surface area contributed by atoms with Crippen LogP contribution in [0, 0.1) is 11.3 Å². The van der Waals surface area contributed by atoms with Gasteiger partial charge < -0.3 is 15.3 Å². The predicted molar refractivity (Wildman–Crippen MR) is 112 cm³/mol. The molecule has 1 aliphatic carbocycles. The lowest BCUT2D eigenvalue weighted by Gasteiger charge is -2.52. The predicted octanol–water partition coefficient (Wildman–Crippen LogP) is 4.05. The van der Waals surface area contributed by atoms with Gasteiger partial charge in [-0.25, -0.2) is 4.79 Å². The van der Waals surface area contributed by atoms with Crippen LogP contribution in [-0.2, 0) is 0 Å². The highest BCUT2D eigenvalue weighted by atomic mass is 16.3. The van der Waals surface area contributed by atoms with E-state index in [1.54, 1.807) is 4.90 Å². The molecule has 29 heavy (non-hydrogen) atoms. The molecule has 5 heteroatoms. The standard InChI is InChI=1S/C24H27N3O2/c25-15-21-23(20-14-8-7-13-19(20)17-9-3-1-4-10-17)22(16-28)27(21)24(29)26-18-11-5-2-6-12-18/h1,3-4,7-10,13-14,18,21-23,28H,2,5-6,11-12,16H2,(H,26,29)/t21-,22+,23-/m1/s1. The number of urea groups is 1. The van der Waals surface area contributed by atoms with Crippen LogP contribution in [0.3, 0.4) is 0 Å². The summed E-state index contributed by atoms with van der Waals surface area (Å²) in [6.45, 7) is -0.163. The first-order chi connectivity index (χ1) is 14.2. The summed E-state index contributed by atoms with van der Waals surface area (Å²) in [5.74, 6) is -0.210. The highest BCUT2D eigenvalue weighted by Gasteiger charge is 2.52. The molecule has 5 nitrogen and oxygen atoms in total. The molecule has 1 saturated heterocycles. The molecule has 2 amide bonds. The number of carbonyl (C=O) groups is 1. The minimum absolute atomic E-state index is 0.163. The molecule has 1 aliphatic heterocycles. The Kier molecular flexibility index (Phi) is 5.82. The molecule has 2 aromatic carbocycles. The quantitative estimate of drug-likeness (QED) is 0.828. The largest absolute Gasteiger partial charge is 0.394 e. The molecular weight excluding hydrogens is 362 g/mol. The van der Waals surface area contributed by atoms with E-state index >= 15 is 0 Å². The zero-order valence-corrected chi connectivity index (χ0v) is 16.5. The van der Waals surface area contributed by atoms with Crippen molar-refractivity contribution in [2.75, 3.05) is 6.61 Å². The summed E-state index contributed by atoms with van der Waals surface area (Å²) >= 11 is 0. The maximum Gasteiger partial charge on any atom is 0.319 e. The molecule has 2 aromatic rings. The number of likely N-dealkylation sites (tertiary alicyclic amines) is 1. The van der Waals surface area contributed by atoms with Crippen LogP contribution in [0.25, 0.3) is 11.1 Å². The summed E-state index contributed by atoms with van der Waals surface area (Å²) in [4.78, 5) is 14.5. The summed E-state index contributed by atoms with van der Waals surface area (Å²) in [6, 6.07) is 19.3. The second kappa shape index (κ2) is 8.67. The second-order valence-corrected chi connectivity index (χ2v) is 7.99. The first-order valence-corrected chi connectivity index (χ1v) is 10.5. The highest BCUT2D eigenvalue weighted by molar-refractivity contribution is 5.79. The van der Waals surface area contributed by atoms with Crippen LogP contribution < -0.4 is 5.32 Å². The normalized spacial score (nSPS) is 24.4. The Hall–Kier alpha value is -2.84. The van der Waals surface area contributed by atoms with Gasteiger partial charge in [-0.15, -0.1) is 0 Å². The number of hydrogen-bond acceptors (Lipinski definition) is 3. The fraction of sp³-hybridized carbons (Fsp3) is 0.417. The number of nitrogens with zero attached hydrogens (tertiary/aromatic N) is 2. The van der Waals surface area contributed by atoms with Gasteiger partial charge in [-0.1, -0.05) is 73.9 Å². The molecule has 2 N–H and O–H groups in total. The lowest BCUT2D eigenvalue weighted by Crippen LogP contribution is -2.68. The van der Waals surface area contributed by atoms with E-state index in [0.29, 0.717) is 0 Å². The molecule has 0 aromatic heterocycles. The van der Waals surface area contributed by atoms with Crippen LogP contribution in [0.1, 0.15) is 43.6 Å². The first kappa shape index (κ1) is 19.5. The maximum absolute atomic E-state index is 12.9. The first-order valence-electron chi connectivity index (χ1n) is 10.5. The molecule has 0 spiro atoms. The van der Waals surface area contributed by atoms with Crippen LogP contribution in [0.15, 0.2) is 54.6 Å². The van der Waals surface area contributed by atoms with Crippen molar-refractivity contribution in [1.29, 1.82) is 5.26 Å². The maximum atomic E-state index is 12.9. The SMILES string of the molecule is N#C[C@@H]1[C@@H](c2ccccc2-c2ccccc2)[C@H](CO)N1C(=O)NC1CCCCC1. The van der Waals surface area contributed by atoms with Crippen LogP contribution in [0.4, 0.5) is 4.79 Å². The van der Waals surface area contributed by atoms with Crippen LogP contribution in [0.5, 0.6) is 0 Å². The molecule has 0 unspecified atom stereocenters.